The number of nitrogens with zero attached hydrogens (tertiary/aromatic N) is 1. The fourth-order valence-electron chi connectivity index (χ4n) is 2.50. The number of halogens is 1. The Morgan fingerprint density at radius 3 is 2.95 bits per heavy atom. The lowest BCUT2D eigenvalue weighted by Gasteiger charge is -2.24. The van der Waals surface area contributed by atoms with E-state index < -0.39 is 0 Å². The van der Waals surface area contributed by atoms with Gasteiger partial charge in [0.1, 0.15) is 5.75 Å². The monoisotopic (exact) mass is 295 g/mol. The van der Waals surface area contributed by atoms with Crippen molar-refractivity contribution >= 4 is 17.4 Å². The van der Waals surface area contributed by atoms with Gasteiger partial charge in [-0.05, 0) is 24.2 Å². The molecule has 1 aliphatic heterocycles. The molecule has 110 valence electrons. The van der Waals surface area contributed by atoms with E-state index >= 15 is 0 Å². The third kappa shape index (κ3) is 3.44. The molecule has 4 nitrogen and oxygen atoms in total. The first-order valence-electron chi connectivity index (χ1n) is 7.01. The summed E-state index contributed by atoms with van der Waals surface area (Å²) in [5, 5.41) is 8.27. The van der Waals surface area contributed by atoms with Crippen molar-refractivity contribution in [2.75, 3.05) is 19.7 Å². The minimum Gasteiger partial charge on any atom is -0.493 e. The Hall–Kier alpha value is -1.26. The van der Waals surface area contributed by atoms with Gasteiger partial charge in [0, 0.05) is 36.0 Å². The summed E-state index contributed by atoms with van der Waals surface area (Å²) in [6.45, 7) is 7.27. The van der Waals surface area contributed by atoms with Crippen LogP contribution < -0.4 is 10.5 Å². The van der Waals surface area contributed by atoms with Crippen molar-refractivity contribution in [3.63, 3.8) is 0 Å². The molecule has 0 saturated heterocycles. The Morgan fingerprint density at radius 2 is 2.30 bits per heavy atom. The summed E-state index contributed by atoms with van der Waals surface area (Å²) in [7, 11) is 0. The minimum atomic E-state index is 0.0584. The lowest BCUT2D eigenvalue weighted by molar-refractivity contribution is 0.257. The number of benzene rings is 1. The van der Waals surface area contributed by atoms with Crippen LogP contribution in [0.25, 0.3) is 0 Å². The van der Waals surface area contributed by atoms with Crippen LogP contribution >= 0.6 is 11.6 Å². The maximum atomic E-state index is 7.51. The van der Waals surface area contributed by atoms with Gasteiger partial charge in [-0.1, -0.05) is 25.4 Å². The van der Waals surface area contributed by atoms with Crippen LogP contribution in [0.5, 0.6) is 5.75 Å². The van der Waals surface area contributed by atoms with Crippen molar-refractivity contribution in [3.05, 3.63) is 28.3 Å². The smallest absolute Gasteiger partial charge is 0.127 e. The maximum Gasteiger partial charge on any atom is 0.127 e. The third-order valence-corrected chi connectivity index (χ3v) is 3.95. The molecule has 1 heterocycles. The second-order valence-corrected chi connectivity index (χ2v) is 5.77. The van der Waals surface area contributed by atoms with Crippen molar-refractivity contribution in [1.82, 2.24) is 4.90 Å². The molecule has 1 unspecified atom stereocenters. The van der Waals surface area contributed by atoms with Gasteiger partial charge in [-0.2, -0.15) is 0 Å². The summed E-state index contributed by atoms with van der Waals surface area (Å²) in [5.74, 6) is 1.28. The summed E-state index contributed by atoms with van der Waals surface area (Å²) in [5.41, 5.74) is 7.88. The molecule has 2 rings (SSSR count). The molecule has 0 radical (unpaired) electrons. The lowest BCUT2D eigenvalue weighted by atomic mass is 10.1. The van der Waals surface area contributed by atoms with E-state index in [1.807, 2.05) is 19.1 Å². The average molecular weight is 296 g/mol. The van der Waals surface area contributed by atoms with E-state index in [0.717, 1.165) is 49.0 Å². The van der Waals surface area contributed by atoms with Crippen molar-refractivity contribution in [2.24, 2.45) is 11.7 Å². The highest BCUT2D eigenvalue weighted by atomic mass is 35.5. The molecule has 1 aromatic rings. The Bertz CT molecular complexity index is 504. The average Bonchev–Trinajstić information content (AvgIpc) is 2.85. The van der Waals surface area contributed by atoms with E-state index in [4.69, 9.17) is 27.5 Å². The van der Waals surface area contributed by atoms with Crippen molar-refractivity contribution in [3.8, 4) is 5.75 Å². The zero-order chi connectivity index (χ0) is 14.7. The fraction of sp³-hybridized carbons (Fsp3) is 0.533. The molecule has 0 aliphatic carbocycles. The molecule has 1 atom stereocenters. The second kappa shape index (κ2) is 6.46. The number of nitrogens with one attached hydrogen (secondary N) is 1. The van der Waals surface area contributed by atoms with Crippen LogP contribution in [-0.4, -0.2) is 30.4 Å². The topological polar surface area (TPSA) is 62.3 Å². The Kier molecular flexibility index (Phi) is 4.89. The van der Waals surface area contributed by atoms with Gasteiger partial charge in [-0.3, -0.25) is 10.3 Å². The number of ether oxygens (including phenoxy) is 1. The van der Waals surface area contributed by atoms with Gasteiger partial charge in [0.05, 0.1) is 12.4 Å². The standard InChI is InChI=1S/C15H22ClN3O/c1-3-19(8-10(2)15(17)18)9-12-7-13(16)6-11-4-5-20-14(11)12/h6-7,10H,3-5,8-9H2,1-2H3,(H3,17,18). The van der Waals surface area contributed by atoms with Gasteiger partial charge in [-0.25, -0.2) is 0 Å². The van der Waals surface area contributed by atoms with Crippen LogP contribution in [0, 0.1) is 11.3 Å². The molecule has 20 heavy (non-hydrogen) atoms. The van der Waals surface area contributed by atoms with Crippen molar-refractivity contribution < 1.29 is 4.74 Å². The third-order valence-electron chi connectivity index (χ3n) is 3.73. The highest BCUT2D eigenvalue weighted by Gasteiger charge is 2.20. The maximum absolute atomic E-state index is 7.51. The zero-order valence-corrected chi connectivity index (χ0v) is 12.8. The van der Waals surface area contributed by atoms with Crippen LogP contribution in [0.4, 0.5) is 0 Å². The van der Waals surface area contributed by atoms with E-state index in [1.165, 1.54) is 5.56 Å². The van der Waals surface area contributed by atoms with Crippen LogP contribution in [0.1, 0.15) is 25.0 Å². The Balaban J connectivity index is 2.14. The van der Waals surface area contributed by atoms with Gasteiger partial charge < -0.3 is 10.5 Å². The first-order chi connectivity index (χ1) is 9.51. The van der Waals surface area contributed by atoms with Crippen LogP contribution in [-0.2, 0) is 13.0 Å². The molecule has 0 saturated carbocycles. The van der Waals surface area contributed by atoms with E-state index in [9.17, 15) is 0 Å². The highest BCUT2D eigenvalue weighted by Crippen LogP contribution is 2.33. The van der Waals surface area contributed by atoms with E-state index in [2.05, 4.69) is 11.8 Å². The molecule has 1 aliphatic rings. The first-order valence-corrected chi connectivity index (χ1v) is 7.39. The predicted molar refractivity (Wildman–Crippen MR) is 82.7 cm³/mol. The van der Waals surface area contributed by atoms with Gasteiger partial charge in [0.15, 0.2) is 0 Å². The number of rotatable bonds is 6. The van der Waals surface area contributed by atoms with Gasteiger partial charge >= 0.3 is 0 Å². The number of fused-ring (bicyclic) bond motifs is 1. The van der Waals surface area contributed by atoms with Crippen LogP contribution in [0.15, 0.2) is 12.1 Å². The van der Waals surface area contributed by atoms with E-state index in [0.29, 0.717) is 0 Å². The molecule has 0 aromatic heterocycles. The molecule has 0 amide bonds. The first kappa shape index (κ1) is 15.1. The molecule has 0 bridgehead atoms. The van der Waals surface area contributed by atoms with Crippen LogP contribution in [0.2, 0.25) is 5.02 Å². The SMILES string of the molecule is CCN(Cc1cc(Cl)cc2c1OCC2)CC(C)C(=N)N. The largest absolute Gasteiger partial charge is 0.493 e. The Morgan fingerprint density at radius 1 is 1.55 bits per heavy atom. The highest BCUT2D eigenvalue weighted by molar-refractivity contribution is 6.30. The zero-order valence-electron chi connectivity index (χ0n) is 12.1. The van der Waals surface area contributed by atoms with Gasteiger partial charge in [-0.15, -0.1) is 0 Å². The van der Waals surface area contributed by atoms with E-state index in [-0.39, 0.29) is 11.8 Å². The Labute approximate surface area is 125 Å². The molecule has 1 aromatic carbocycles. The molecule has 0 spiro atoms. The molecular weight excluding hydrogens is 274 g/mol. The minimum absolute atomic E-state index is 0.0584. The van der Waals surface area contributed by atoms with Crippen LogP contribution in [0.3, 0.4) is 0 Å². The van der Waals surface area contributed by atoms with Crippen molar-refractivity contribution in [2.45, 2.75) is 26.8 Å². The van der Waals surface area contributed by atoms with Gasteiger partial charge in [0.25, 0.3) is 0 Å². The van der Waals surface area contributed by atoms with Crippen molar-refractivity contribution in [1.29, 1.82) is 5.41 Å². The predicted octanol–water partition coefficient (Wildman–Crippen LogP) is 2.67. The molecular formula is C15H22ClN3O. The number of hydrogen-bond acceptors (Lipinski definition) is 3. The summed E-state index contributed by atoms with van der Waals surface area (Å²) < 4.78 is 5.73. The molecule has 0 fully saturated rings. The molecule has 3 N–H and O–H groups in total. The summed E-state index contributed by atoms with van der Waals surface area (Å²) in [4.78, 5) is 2.26. The second-order valence-electron chi connectivity index (χ2n) is 5.34. The lowest BCUT2D eigenvalue weighted by Crippen LogP contribution is -2.34. The number of nitrogens with two attached hydrogens (primary N) is 1. The number of amidine groups is 1. The summed E-state index contributed by atoms with van der Waals surface area (Å²) >= 11 is 6.18. The fourth-order valence-corrected chi connectivity index (χ4v) is 2.76. The van der Waals surface area contributed by atoms with Gasteiger partial charge in [0.2, 0.25) is 0 Å². The normalized spacial score (nSPS) is 15.0. The molecule has 5 heteroatoms. The number of hydrogen-bond donors (Lipinski definition) is 2. The van der Waals surface area contributed by atoms with E-state index in [1.54, 1.807) is 0 Å². The quantitative estimate of drug-likeness (QED) is 0.626. The summed E-state index contributed by atoms with van der Waals surface area (Å²) in [6.07, 6.45) is 0.929. The summed E-state index contributed by atoms with van der Waals surface area (Å²) in [6, 6.07) is 3.97.